The lowest BCUT2D eigenvalue weighted by atomic mass is 9.67. The quantitative estimate of drug-likeness (QED) is 0.767. The van der Waals surface area contributed by atoms with Gasteiger partial charge in [0.25, 0.3) is 0 Å². The Balaban J connectivity index is 1.92. The molecule has 3 unspecified atom stereocenters. The first-order chi connectivity index (χ1) is 8.74. The first-order valence-electron chi connectivity index (χ1n) is 8.50. The molecule has 0 bridgehead atoms. The zero-order valence-corrected chi connectivity index (χ0v) is 12.5. The van der Waals surface area contributed by atoms with Crippen molar-refractivity contribution >= 4 is 0 Å². The monoisotopic (exact) mass is 251 g/mol. The lowest BCUT2D eigenvalue weighted by Crippen LogP contribution is -2.42. The molecule has 2 saturated carbocycles. The molecule has 1 heteroatoms. The van der Waals surface area contributed by atoms with Crippen LogP contribution in [0.2, 0.25) is 0 Å². The molecule has 2 rings (SSSR count). The van der Waals surface area contributed by atoms with Gasteiger partial charge >= 0.3 is 0 Å². The average molecular weight is 251 g/mol. The van der Waals surface area contributed by atoms with E-state index in [4.69, 9.17) is 5.73 Å². The van der Waals surface area contributed by atoms with Gasteiger partial charge in [-0.1, -0.05) is 46.0 Å². The van der Waals surface area contributed by atoms with Crippen LogP contribution < -0.4 is 5.73 Å². The van der Waals surface area contributed by atoms with Gasteiger partial charge in [0, 0.05) is 6.04 Å². The van der Waals surface area contributed by atoms with Gasteiger partial charge in [0.15, 0.2) is 0 Å². The van der Waals surface area contributed by atoms with Crippen molar-refractivity contribution in [1.29, 1.82) is 0 Å². The summed E-state index contributed by atoms with van der Waals surface area (Å²) in [6.07, 6.45) is 14.2. The van der Waals surface area contributed by atoms with Gasteiger partial charge in [-0.3, -0.25) is 0 Å². The molecule has 2 fully saturated rings. The van der Waals surface area contributed by atoms with Crippen LogP contribution >= 0.6 is 0 Å². The summed E-state index contributed by atoms with van der Waals surface area (Å²) in [7, 11) is 0. The summed E-state index contributed by atoms with van der Waals surface area (Å²) in [5.74, 6) is 3.60. The van der Waals surface area contributed by atoms with Gasteiger partial charge in [-0.25, -0.2) is 0 Å². The molecular weight excluding hydrogens is 218 g/mol. The third-order valence-corrected chi connectivity index (χ3v) is 5.83. The van der Waals surface area contributed by atoms with Gasteiger partial charge in [0.2, 0.25) is 0 Å². The molecule has 3 atom stereocenters. The van der Waals surface area contributed by atoms with Gasteiger partial charge < -0.3 is 5.73 Å². The molecule has 0 heterocycles. The van der Waals surface area contributed by atoms with Crippen LogP contribution in [0.5, 0.6) is 0 Å². The molecule has 0 aliphatic heterocycles. The second kappa shape index (κ2) is 6.93. The standard InChI is InChI=1S/C17H33N/c1-3-13-10-14(4-2)12-16(11-13)17(18)15-8-6-5-7-9-15/h13-17H,3-12,18H2,1-2H3. The zero-order valence-electron chi connectivity index (χ0n) is 12.5. The molecule has 0 aromatic carbocycles. The van der Waals surface area contributed by atoms with Crippen LogP contribution in [-0.2, 0) is 0 Å². The third-order valence-electron chi connectivity index (χ3n) is 5.83. The molecule has 0 aromatic rings. The van der Waals surface area contributed by atoms with E-state index >= 15 is 0 Å². The minimum absolute atomic E-state index is 0.508. The summed E-state index contributed by atoms with van der Waals surface area (Å²) >= 11 is 0. The lowest BCUT2D eigenvalue weighted by molar-refractivity contribution is 0.129. The SMILES string of the molecule is CCC1CC(CC)CC(C(N)C2CCCCC2)C1. The first-order valence-corrected chi connectivity index (χ1v) is 8.50. The normalized spacial score (nSPS) is 36.5. The highest BCUT2D eigenvalue weighted by Gasteiger charge is 2.34. The predicted octanol–water partition coefficient (Wildman–Crippen LogP) is 4.75. The van der Waals surface area contributed by atoms with Crippen molar-refractivity contribution in [1.82, 2.24) is 0 Å². The molecule has 0 spiro atoms. The molecule has 0 amide bonds. The number of nitrogens with two attached hydrogens (primary N) is 1. The Morgan fingerprint density at radius 2 is 1.39 bits per heavy atom. The van der Waals surface area contributed by atoms with Crippen molar-refractivity contribution in [2.45, 2.75) is 84.1 Å². The van der Waals surface area contributed by atoms with Crippen LogP contribution in [0, 0.1) is 23.7 Å². The number of hydrogen-bond donors (Lipinski definition) is 1. The maximum absolute atomic E-state index is 6.66. The second-order valence-corrected chi connectivity index (χ2v) is 6.99. The Hall–Kier alpha value is -0.0400. The molecule has 2 aliphatic carbocycles. The topological polar surface area (TPSA) is 26.0 Å². The number of rotatable bonds is 4. The molecule has 106 valence electrons. The molecule has 1 nitrogen and oxygen atoms in total. The minimum atomic E-state index is 0.508. The Morgan fingerprint density at radius 3 is 1.89 bits per heavy atom. The minimum Gasteiger partial charge on any atom is -0.327 e. The molecule has 0 radical (unpaired) electrons. The van der Waals surface area contributed by atoms with Crippen molar-refractivity contribution in [2.24, 2.45) is 29.4 Å². The number of hydrogen-bond acceptors (Lipinski definition) is 1. The average Bonchev–Trinajstić information content (AvgIpc) is 2.46. The van der Waals surface area contributed by atoms with Crippen molar-refractivity contribution in [3.05, 3.63) is 0 Å². The van der Waals surface area contributed by atoms with E-state index in [-0.39, 0.29) is 0 Å². The maximum Gasteiger partial charge on any atom is 0.00958 e. The molecular formula is C17H33N. The molecule has 2 aliphatic rings. The highest BCUT2D eigenvalue weighted by Crippen LogP contribution is 2.41. The Labute approximate surface area is 114 Å². The molecule has 0 saturated heterocycles. The second-order valence-electron chi connectivity index (χ2n) is 6.99. The summed E-state index contributed by atoms with van der Waals surface area (Å²) in [6.45, 7) is 4.73. The van der Waals surface area contributed by atoms with Crippen molar-refractivity contribution in [3.8, 4) is 0 Å². The largest absolute Gasteiger partial charge is 0.327 e. The smallest absolute Gasteiger partial charge is 0.00958 e. The van der Waals surface area contributed by atoms with Crippen LogP contribution in [-0.4, -0.2) is 6.04 Å². The fourth-order valence-corrected chi connectivity index (χ4v) is 4.50. The predicted molar refractivity (Wildman–Crippen MR) is 79.5 cm³/mol. The Morgan fingerprint density at radius 1 is 0.833 bits per heavy atom. The van der Waals surface area contributed by atoms with Gasteiger partial charge in [-0.05, 0) is 55.8 Å². The third kappa shape index (κ3) is 3.50. The van der Waals surface area contributed by atoms with Crippen LogP contribution in [0.4, 0.5) is 0 Å². The van der Waals surface area contributed by atoms with Gasteiger partial charge in [0.1, 0.15) is 0 Å². The first kappa shape index (κ1) is 14.4. The summed E-state index contributed by atoms with van der Waals surface area (Å²) in [6, 6.07) is 0.508. The van der Waals surface area contributed by atoms with Crippen LogP contribution in [0.3, 0.4) is 0 Å². The van der Waals surface area contributed by atoms with Crippen molar-refractivity contribution in [3.63, 3.8) is 0 Å². The molecule has 0 aromatic heterocycles. The van der Waals surface area contributed by atoms with Gasteiger partial charge in [-0.2, -0.15) is 0 Å². The van der Waals surface area contributed by atoms with E-state index in [0.29, 0.717) is 6.04 Å². The molecule has 18 heavy (non-hydrogen) atoms. The van der Waals surface area contributed by atoms with E-state index in [1.165, 1.54) is 64.2 Å². The van der Waals surface area contributed by atoms with E-state index in [1.54, 1.807) is 0 Å². The fraction of sp³-hybridized carbons (Fsp3) is 1.00. The maximum atomic E-state index is 6.66. The fourth-order valence-electron chi connectivity index (χ4n) is 4.50. The van der Waals surface area contributed by atoms with Crippen LogP contribution in [0.25, 0.3) is 0 Å². The van der Waals surface area contributed by atoms with Crippen molar-refractivity contribution in [2.75, 3.05) is 0 Å². The molecule has 2 N–H and O–H groups in total. The van der Waals surface area contributed by atoms with E-state index in [2.05, 4.69) is 13.8 Å². The Bertz CT molecular complexity index is 220. The lowest BCUT2D eigenvalue weighted by Gasteiger charge is -2.40. The van der Waals surface area contributed by atoms with Crippen LogP contribution in [0.1, 0.15) is 78.1 Å². The van der Waals surface area contributed by atoms with E-state index in [9.17, 15) is 0 Å². The highest BCUT2D eigenvalue weighted by atomic mass is 14.7. The summed E-state index contributed by atoms with van der Waals surface area (Å²) in [4.78, 5) is 0. The van der Waals surface area contributed by atoms with Gasteiger partial charge in [-0.15, -0.1) is 0 Å². The Kier molecular flexibility index (Phi) is 5.54. The van der Waals surface area contributed by atoms with E-state index < -0.39 is 0 Å². The highest BCUT2D eigenvalue weighted by molar-refractivity contribution is 4.88. The summed E-state index contributed by atoms with van der Waals surface area (Å²) < 4.78 is 0. The zero-order chi connectivity index (χ0) is 13.0. The van der Waals surface area contributed by atoms with Gasteiger partial charge in [0.05, 0.1) is 0 Å². The summed E-state index contributed by atoms with van der Waals surface area (Å²) in [5.41, 5.74) is 6.66. The van der Waals surface area contributed by atoms with E-state index in [0.717, 1.165) is 23.7 Å². The van der Waals surface area contributed by atoms with Crippen molar-refractivity contribution < 1.29 is 0 Å². The van der Waals surface area contributed by atoms with E-state index in [1.807, 2.05) is 0 Å². The summed E-state index contributed by atoms with van der Waals surface area (Å²) in [5, 5.41) is 0. The van der Waals surface area contributed by atoms with Crippen LogP contribution in [0.15, 0.2) is 0 Å².